The van der Waals surface area contributed by atoms with Crippen LogP contribution in [0.1, 0.15) is 63.1 Å². The zero-order valence-electron chi connectivity index (χ0n) is 18.3. The number of hydrogen-bond acceptors (Lipinski definition) is 6. The van der Waals surface area contributed by atoms with Crippen LogP contribution in [0.5, 0.6) is 5.75 Å². The van der Waals surface area contributed by atoms with E-state index < -0.39 is 24.0 Å². The first-order valence-corrected chi connectivity index (χ1v) is 10.4. The van der Waals surface area contributed by atoms with E-state index >= 15 is 0 Å². The molecule has 164 valence electrons. The number of ether oxygens (including phenoxy) is 1. The molecule has 0 aliphatic carbocycles. The van der Waals surface area contributed by atoms with Crippen molar-refractivity contribution in [1.29, 1.82) is 0 Å². The molecule has 1 N–H and O–H groups in total. The monoisotopic (exact) mass is 416 g/mol. The van der Waals surface area contributed by atoms with E-state index in [0.717, 1.165) is 36.6 Å². The Hall–Kier alpha value is -2.83. The van der Waals surface area contributed by atoms with E-state index in [1.165, 1.54) is 13.8 Å². The van der Waals surface area contributed by atoms with Crippen LogP contribution < -0.4 is 20.8 Å². The van der Waals surface area contributed by atoms with Crippen molar-refractivity contribution in [1.82, 2.24) is 5.32 Å². The molecule has 1 aromatic heterocycles. The van der Waals surface area contributed by atoms with Crippen LogP contribution in [0.25, 0.3) is 11.0 Å². The van der Waals surface area contributed by atoms with Crippen molar-refractivity contribution in [2.75, 3.05) is 0 Å². The lowest BCUT2D eigenvalue weighted by Gasteiger charge is -2.20. The van der Waals surface area contributed by atoms with Crippen LogP contribution in [-0.2, 0) is 16.0 Å². The highest BCUT2D eigenvalue weighted by Gasteiger charge is 2.20. The van der Waals surface area contributed by atoms with E-state index in [0.29, 0.717) is 28.9 Å². The average Bonchev–Trinajstić information content (AvgIpc) is 2.69. The standard InChI is InChI=1S/C23H31NO6/c1-6-7-8-9-10-18-13(2)17-11-12-19(14(3)20(17)30-23(18)28)29-16(5)21(25)24-15(4)22(26)27/h11-12,15-16H,6-10H2,1-5H3,(H,24,25)(H,26,27)/p-1/t15-,16+/m0/s1. The van der Waals surface area contributed by atoms with Gasteiger partial charge in [0.25, 0.3) is 5.91 Å². The molecule has 30 heavy (non-hydrogen) atoms. The molecule has 7 heteroatoms. The van der Waals surface area contributed by atoms with Gasteiger partial charge in [-0.2, -0.15) is 0 Å². The molecule has 0 saturated carbocycles. The minimum atomic E-state index is -1.37. The lowest BCUT2D eigenvalue weighted by Crippen LogP contribution is -2.49. The molecule has 1 amide bonds. The fraction of sp³-hybridized carbons (Fsp3) is 0.522. The lowest BCUT2D eigenvalue weighted by atomic mass is 9.99. The predicted molar refractivity (Wildman–Crippen MR) is 113 cm³/mol. The van der Waals surface area contributed by atoms with E-state index in [1.54, 1.807) is 13.0 Å². The van der Waals surface area contributed by atoms with Gasteiger partial charge in [0.1, 0.15) is 11.3 Å². The number of rotatable bonds is 10. The third-order valence-corrected chi connectivity index (χ3v) is 5.32. The van der Waals surface area contributed by atoms with E-state index in [2.05, 4.69) is 12.2 Å². The van der Waals surface area contributed by atoms with Gasteiger partial charge in [-0.15, -0.1) is 0 Å². The third-order valence-electron chi connectivity index (χ3n) is 5.32. The summed E-state index contributed by atoms with van der Waals surface area (Å²) in [6, 6.07) is 2.43. The zero-order chi connectivity index (χ0) is 22.4. The average molecular weight is 416 g/mol. The molecule has 0 unspecified atom stereocenters. The Balaban J connectivity index is 2.26. The summed E-state index contributed by atoms with van der Waals surface area (Å²) in [5.74, 6) is -1.56. The van der Waals surface area contributed by atoms with Gasteiger partial charge in [-0.25, -0.2) is 4.79 Å². The number of carboxylic acids is 1. The number of aryl methyl sites for hydroxylation is 2. The summed E-state index contributed by atoms with van der Waals surface area (Å²) in [4.78, 5) is 35.5. The molecular formula is C23H30NO6-. The van der Waals surface area contributed by atoms with Gasteiger partial charge in [0, 0.05) is 16.5 Å². The Labute approximate surface area is 176 Å². The van der Waals surface area contributed by atoms with Crippen molar-refractivity contribution in [3.63, 3.8) is 0 Å². The Kier molecular flexibility index (Phi) is 8.03. The third kappa shape index (κ3) is 5.40. The number of hydrogen-bond donors (Lipinski definition) is 1. The summed E-state index contributed by atoms with van der Waals surface area (Å²) >= 11 is 0. The highest BCUT2D eigenvalue weighted by atomic mass is 16.5. The number of fused-ring (bicyclic) bond motifs is 1. The van der Waals surface area contributed by atoms with Crippen molar-refractivity contribution >= 4 is 22.8 Å². The van der Waals surface area contributed by atoms with Crippen molar-refractivity contribution in [3.05, 3.63) is 39.2 Å². The summed E-state index contributed by atoms with van der Waals surface area (Å²) in [5.41, 5.74) is 2.31. The van der Waals surface area contributed by atoms with Crippen LogP contribution in [-0.4, -0.2) is 24.0 Å². The van der Waals surface area contributed by atoms with Gasteiger partial charge in [0.2, 0.25) is 0 Å². The van der Waals surface area contributed by atoms with E-state index in [4.69, 9.17) is 9.15 Å². The van der Waals surface area contributed by atoms with Crippen LogP contribution in [0.2, 0.25) is 0 Å². The molecule has 7 nitrogen and oxygen atoms in total. The molecule has 1 heterocycles. The smallest absolute Gasteiger partial charge is 0.339 e. The highest BCUT2D eigenvalue weighted by Crippen LogP contribution is 2.30. The van der Waals surface area contributed by atoms with Crippen LogP contribution >= 0.6 is 0 Å². The Morgan fingerprint density at radius 1 is 1.13 bits per heavy atom. The van der Waals surface area contributed by atoms with Crippen molar-refractivity contribution < 1.29 is 23.8 Å². The molecule has 2 atom stereocenters. The number of aliphatic carboxylic acids is 1. The van der Waals surface area contributed by atoms with Gasteiger partial charge in [-0.05, 0) is 58.2 Å². The largest absolute Gasteiger partial charge is 0.548 e. The van der Waals surface area contributed by atoms with E-state index in [1.807, 2.05) is 13.0 Å². The number of carbonyl (C=O) groups is 2. The van der Waals surface area contributed by atoms with Gasteiger partial charge in [0.15, 0.2) is 6.10 Å². The van der Waals surface area contributed by atoms with Crippen LogP contribution in [0, 0.1) is 13.8 Å². The van der Waals surface area contributed by atoms with Crippen molar-refractivity contribution in [2.24, 2.45) is 0 Å². The maximum atomic E-state index is 12.6. The molecule has 2 aromatic rings. The Morgan fingerprint density at radius 2 is 1.83 bits per heavy atom. The summed E-state index contributed by atoms with van der Waals surface area (Å²) in [6.07, 6.45) is 4.06. The summed E-state index contributed by atoms with van der Waals surface area (Å²) in [6.45, 7) is 8.66. The van der Waals surface area contributed by atoms with Crippen LogP contribution in [0.3, 0.4) is 0 Å². The minimum Gasteiger partial charge on any atom is -0.548 e. The maximum absolute atomic E-state index is 12.6. The maximum Gasteiger partial charge on any atom is 0.339 e. The number of carbonyl (C=O) groups excluding carboxylic acids is 2. The molecule has 0 saturated heterocycles. The molecule has 2 rings (SSSR count). The number of unbranched alkanes of at least 4 members (excludes halogenated alkanes) is 3. The van der Waals surface area contributed by atoms with Gasteiger partial charge in [0.05, 0.1) is 12.0 Å². The second kappa shape index (κ2) is 10.3. The van der Waals surface area contributed by atoms with E-state index in [9.17, 15) is 19.5 Å². The minimum absolute atomic E-state index is 0.342. The Bertz CT molecular complexity index is 978. The zero-order valence-corrected chi connectivity index (χ0v) is 18.3. The topological polar surface area (TPSA) is 109 Å². The summed E-state index contributed by atoms with van der Waals surface area (Å²) < 4.78 is 11.3. The first-order chi connectivity index (χ1) is 14.2. The summed E-state index contributed by atoms with van der Waals surface area (Å²) in [7, 11) is 0. The second-order valence-electron chi connectivity index (χ2n) is 7.68. The van der Waals surface area contributed by atoms with Crippen LogP contribution in [0.15, 0.2) is 21.3 Å². The molecular weight excluding hydrogens is 386 g/mol. The van der Waals surface area contributed by atoms with Gasteiger partial charge < -0.3 is 24.4 Å². The molecule has 0 fully saturated rings. The lowest BCUT2D eigenvalue weighted by molar-refractivity contribution is -0.307. The second-order valence-corrected chi connectivity index (χ2v) is 7.68. The predicted octanol–water partition coefficient (Wildman–Crippen LogP) is 2.55. The molecule has 0 aliphatic heterocycles. The van der Waals surface area contributed by atoms with Gasteiger partial charge >= 0.3 is 5.63 Å². The number of nitrogens with one attached hydrogen (secondary N) is 1. The fourth-order valence-corrected chi connectivity index (χ4v) is 3.35. The first kappa shape index (κ1) is 23.4. The molecule has 0 spiro atoms. The van der Waals surface area contributed by atoms with Crippen LogP contribution in [0.4, 0.5) is 0 Å². The molecule has 1 aromatic carbocycles. The normalized spacial score (nSPS) is 13.1. The molecule has 0 aliphatic rings. The van der Waals surface area contributed by atoms with E-state index in [-0.39, 0.29) is 5.63 Å². The van der Waals surface area contributed by atoms with Crippen molar-refractivity contribution in [3.8, 4) is 5.75 Å². The van der Waals surface area contributed by atoms with Gasteiger partial charge in [-0.1, -0.05) is 26.2 Å². The first-order valence-electron chi connectivity index (χ1n) is 10.4. The quantitative estimate of drug-likeness (QED) is 0.471. The Morgan fingerprint density at radius 3 is 2.47 bits per heavy atom. The highest BCUT2D eigenvalue weighted by molar-refractivity contribution is 5.87. The fourth-order valence-electron chi connectivity index (χ4n) is 3.35. The SMILES string of the molecule is CCCCCCc1c(C)c2ccc(O[C@H](C)C(=O)N[C@@H](C)C(=O)[O-])c(C)c2oc1=O. The van der Waals surface area contributed by atoms with Gasteiger partial charge in [-0.3, -0.25) is 4.79 Å². The van der Waals surface area contributed by atoms with Crippen molar-refractivity contribution in [2.45, 2.75) is 78.9 Å². The number of benzene rings is 1. The number of amides is 1. The molecule has 0 bridgehead atoms. The number of carboxylic acid groups (broad SMARTS) is 1. The molecule has 0 radical (unpaired) electrons. The summed E-state index contributed by atoms with van der Waals surface area (Å²) in [5, 5.41) is 13.9.